The molecule has 0 aromatic carbocycles. The third kappa shape index (κ3) is 3.40. The highest BCUT2D eigenvalue weighted by Gasteiger charge is 2.18. The second kappa shape index (κ2) is 6.11. The van der Waals surface area contributed by atoms with Gasteiger partial charge in [-0.25, -0.2) is 9.97 Å². The molecule has 1 aromatic rings. The summed E-state index contributed by atoms with van der Waals surface area (Å²) < 4.78 is 0. The van der Waals surface area contributed by atoms with Crippen molar-refractivity contribution in [1.82, 2.24) is 20.2 Å². The largest absolute Gasteiger partial charge is 0.347 e. The molecular weight excluding hydrogens is 226 g/mol. The predicted molar refractivity (Wildman–Crippen MR) is 73.7 cm³/mol. The van der Waals surface area contributed by atoms with Gasteiger partial charge in [-0.3, -0.25) is 4.90 Å². The first-order valence-electron chi connectivity index (χ1n) is 6.58. The van der Waals surface area contributed by atoms with Crippen LogP contribution in [0.15, 0.2) is 12.3 Å². The number of nitrogens with zero attached hydrogens (tertiary/aromatic N) is 4. The number of hydrogen-bond acceptors (Lipinski definition) is 5. The fraction of sp³-hybridized carbons (Fsp3) is 0.692. The van der Waals surface area contributed by atoms with Crippen LogP contribution in [0.4, 0.5) is 5.95 Å². The molecule has 1 aliphatic heterocycles. The van der Waals surface area contributed by atoms with Crippen LogP contribution in [0, 0.1) is 0 Å². The molecule has 0 bridgehead atoms. The number of aromatic nitrogens is 2. The van der Waals surface area contributed by atoms with E-state index in [0.29, 0.717) is 6.04 Å². The topological polar surface area (TPSA) is 44.3 Å². The number of hydrogen-bond donors (Lipinski definition) is 1. The minimum atomic E-state index is 0.619. The van der Waals surface area contributed by atoms with Crippen LogP contribution in [0.2, 0.25) is 0 Å². The van der Waals surface area contributed by atoms with Gasteiger partial charge in [-0.15, -0.1) is 0 Å². The molecule has 0 aliphatic carbocycles. The van der Waals surface area contributed by atoms with Gasteiger partial charge in [-0.1, -0.05) is 0 Å². The van der Waals surface area contributed by atoms with Gasteiger partial charge in [0.2, 0.25) is 5.95 Å². The first-order chi connectivity index (χ1) is 8.69. The van der Waals surface area contributed by atoms with Crippen LogP contribution in [0.5, 0.6) is 0 Å². The van der Waals surface area contributed by atoms with Gasteiger partial charge in [-0.2, -0.15) is 0 Å². The molecule has 0 radical (unpaired) electrons. The van der Waals surface area contributed by atoms with Crippen LogP contribution in [0.25, 0.3) is 0 Å². The fourth-order valence-electron chi connectivity index (χ4n) is 2.35. The summed E-state index contributed by atoms with van der Waals surface area (Å²) in [6, 6.07) is 2.63. The van der Waals surface area contributed by atoms with E-state index in [1.807, 2.05) is 38.3 Å². The van der Waals surface area contributed by atoms with E-state index in [-0.39, 0.29) is 0 Å². The molecule has 0 amide bonds. The molecule has 1 fully saturated rings. The molecule has 1 N–H and O–H groups in total. The summed E-state index contributed by atoms with van der Waals surface area (Å²) in [5, 5.41) is 3.37. The first kappa shape index (κ1) is 13.2. The zero-order chi connectivity index (χ0) is 13.0. The Hall–Kier alpha value is -1.20. The Bertz CT molecular complexity index is 379. The molecule has 1 atom stereocenters. The number of likely N-dealkylation sites (tertiary alicyclic amines) is 1. The molecule has 1 unspecified atom stereocenters. The smallest absolute Gasteiger partial charge is 0.225 e. The Balaban J connectivity index is 1.98. The van der Waals surface area contributed by atoms with Crippen molar-refractivity contribution in [3.63, 3.8) is 0 Å². The normalized spacial score (nSPS) is 20.9. The van der Waals surface area contributed by atoms with Gasteiger partial charge >= 0.3 is 0 Å². The maximum Gasteiger partial charge on any atom is 0.225 e. The van der Waals surface area contributed by atoms with Crippen LogP contribution in [-0.2, 0) is 6.54 Å². The van der Waals surface area contributed by atoms with E-state index in [4.69, 9.17) is 0 Å². The van der Waals surface area contributed by atoms with Crippen molar-refractivity contribution in [3.05, 3.63) is 18.0 Å². The maximum absolute atomic E-state index is 4.57. The summed E-state index contributed by atoms with van der Waals surface area (Å²) in [6.45, 7) is 3.19. The maximum atomic E-state index is 4.57. The average Bonchev–Trinajstić information content (AvgIpc) is 2.39. The fourth-order valence-corrected chi connectivity index (χ4v) is 2.35. The standard InChI is InChI=1S/C13H23N5/c1-14-11-5-4-8-18(9-11)10-12-6-7-15-13(16-12)17(2)3/h6-7,11,14H,4-5,8-10H2,1-3H3. The lowest BCUT2D eigenvalue weighted by molar-refractivity contribution is 0.186. The molecule has 100 valence electrons. The summed E-state index contributed by atoms with van der Waals surface area (Å²) in [5.41, 5.74) is 1.10. The molecule has 1 saturated heterocycles. The van der Waals surface area contributed by atoms with Crippen molar-refractivity contribution in [2.45, 2.75) is 25.4 Å². The van der Waals surface area contributed by atoms with Crippen LogP contribution in [0.1, 0.15) is 18.5 Å². The Morgan fingerprint density at radius 2 is 2.33 bits per heavy atom. The van der Waals surface area contributed by atoms with E-state index in [9.17, 15) is 0 Å². The van der Waals surface area contributed by atoms with Gasteiger partial charge in [0.25, 0.3) is 0 Å². The highest BCUT2D eigenvalue weighted by Crippen LogP contribution is 2.13. The van der Waals surface area contributed by atoms with Crippen molar-refractivity contribution in [1.29, 1.82) is 0 Å². The molecule has 2 heterocycles. The minimum absolute atomic E-state index is 0.619. The second-order valence-corrected chi connectivity index (χ2v) is 5.11. The number of nitrogens with one attached hydrogen (secondary N) is 1. The highest BCUT2D eigenvalue weighted by atomic mass is 15.2. The lowest BCUT2D eigenvalue weighted by atomic mass is 10.1. The van der Waals surface area contributed by atoms with Gasteiger partial charge in [0, 0.05) is 39.4 Å². The predicted octanol–water partition coefficient (Wildman–Crippen LogP) is 0.726. The van der Waals surface area contributed by atoms with Crippen LogP contribution in [-0.4, -0.2) is 55.1 Å². The summed E-state index contributed by atoms with van der Waals surface area (Å²) >= 11 is 0. The van der Waals surface area contributed by atoms with Crippen molar-refractivity contribution < 1.29 is 0 Å². The van der Waals surface area contributed by atoms with Crippen LogP contribution < -0.4 is 10.2 Å². The Labute approximate surface area is 109 Å². The Morgan fingerprint density at radius 3 is 3.06 bits per heavy atom. The minimum Gasteiger partial charge on any atom is -0.347 e. The molecule has 0 saturated carbocycles. The second-order valence-electron chi connectivity index (χ2n) is 5.11. The summed E-state index contributed by atoms with van der Waals surface area (Å²) in [4.78, 5) is 13.2. The van der Waals surface area contributed by atoms with Gasteiger partial charge in [-0.05, 0) is 32.5 Å². The molecule has 5 heteroatoms. The van der Waals surface area contributed by atoms with Crippen LogP contribution in [0.3, 0.4) is 0 Å². The van der Waals surface area contributed by atoms with Crippen LogP contribution >= 0.6 is 0 Å². The van der Waals surface area contributed by atoms with Crippen molar-refractivity contribution in [2.75, 3.05) is 39.1 Å². The molecule has 0 spiro atoms. The number of piperidine rings is 1. The number of rotatable bonds is 4. The number of likely N-dealkylation sites (N-methyl/N-ethyl adjacent to an activating group) is 1. The highest BCUT2D eigenvalue weighted by molar-refractivity contribution is 5.27. The molecule has 18 heavy (non-hydrogen) atoms. The van der Waals surface area contributed by atoms with E-state index in [1.165, 1.54) is 19.4 Å². The van der Waals surface area contributed by atoms with E-state index in [0.717, 1.165) is 24.7 Å². The zero-order valence-corrected chi connectivity index (χ0v) is 11.6. The summed E-state index contributed by atoms with van der Waals surface area (Å²) in [7, 11) is 5.98. The average molecular weight is 249 g/mol. The van der Waals surface area contributed by atoms with E-state index in [2.05, 4.69) is 20.2 Å². The number of anilines is 1. The molecule has 1 aromatic heterocycles. The third-order valence-electron chi connectivity index (χ3n) is 3.40. The quantitative estimate of drug-likeness (QED) is 0.852. The Kier molecular flexibility index (Phi) is 4.49. The van der Waals surface area contributed by atoms with Crippen molar-refractivity contribution in [3.8, 4) is 0 Å². The van der Waals surface area contributed by atoms with Crippen molar-refractivity contribution in [2.24, 2.45) is 0 Å². The molecule has 2 rings (SSSR count). The summed E-state index contributed by atoms with van der Waals surface area (Å²) in [5.74, 6) is 0.787. The van der Waals surface area contributed by atoms with E-state index >= 15 is 0 Å². The zero-order valence-electron chi connectivity index (χ0n) is 11.6. The molecule has 1 aliphatic rings. The molecular formula is C13H23N5. The molecule has 5 nitrogen and oxygen atoms in total. The van der Waals surface area contributed by atoms with E-state index in [1.54, 1.807) is 0 Å². The first-order valence-corrected chi connectivity index (χ1v) is 6.58. The van der Waals surface area contributed by atoms with Gasteiger partial charge in [0.15, 0.2) is 0 Å². The SMILES string of the molecule is CNC1CCCN(Cc2ccnc(N(C)C)n2)C1. The summed E-state index contributed by atoms with van der Waals surface area (Å²) in [6.07, 6.45) is 4.38. The monoisotopic (exact) mass is 249 g/mol. The third-order valence-corrected chi connectivity index (χ3v) is 3.40. The lowest BCUT2D eigenvalue weighted by Crippen LogP contribution is -2.44. The lowest BCUT2D eigenvalue weighted by Gasteiger charge is -2.32. The van der Waals surface area contributed by atoms with Crippen molar-refractivity contribution >= 4 is 5.95 Å². The Morgan fingerprint density at radius 1 is 1.50 bits per heavy atom. The van der Waals surface area contributed by atoms with E-state index < -0.39 is 0 Å². The van der Waals surface area contributed by atoms with Gasteiger partial charge < -0.3 is 10.2 Å². The van der Waals surface area contributed by atoms with Gasteiger partial charge in [0.05, 0.1) is 5.69 Å². The van der Waals surface area contributed by atoms with Gasteiger partial charge in [0.1, 0.15) is 0 Å².